The number of amides is 1. The molecule has 0 saturated heterocycles. The third-order valence-electron chi connectivity index (χ3n) is 3.59. The highest BCUT2D eigenvalue weighted by molar-refractivity contribution is 5.78. The molecule has 2 rings (SSSR count). The first-order valence-electron chi connectivity index (χ1n) is 7.47. The third kappa shape index (κ3) is 4.32. The molecular formula is C18H21N2O2. The summed E-state index contributed by atoms with van der Waals surface area (Å²) < 4.78 is 0. The highest BCUT2D eigenvalue weighted by atomic mass is 16.3. The van der Waals surface area contributed by atoms with E-state index in [1.54, 1.807) is 6.07 Å². The minimum atomic E-state index is -0.219. The number of benzene rings is 1. The predicted molar refractivity (Wildman–Crippen MR) is 85.2 cm³/mol. The molecule has 1 N–H and O–H groups in total. The molecular weight excluding hydrogens is 276 g/mol. The van der Waals surface area contributed by atoms with Crippen molar-refractivity contribution >= 4 is 5.91 Å². The lowest BCUT2D eigenvalue weighted by atomic mass is 10.0. The summed E-state index contributed by atoms with van der Waals surface area (Å²) in [4.78, 5) is 16.1. The number of rotatable bonds is 5. The van der Waals surface area contributed by atoms with E-state index in [-0.39, 0.29) is 17.7 Å². The zero-order valence-corrected chi connectivity index (χ0v) is 13.2. The predicted octanol–water partition coefficient (Wildman–Crippen LogP) is 3.77. The Kier molecular flexibility index (Phi) is 5.15. The summed E-state index contributed by atoms with van der Waals surface area (Å²) in [6, 6.07) is 11.0. The molecule has 1 aromatic carbocycles. The van der Waals surface area contributed by atoms with Gasteiger partial charge in [0.2, 0.25) is 5.91 Å². The average molecular weight is 297 g/mol. The van der Waals surface area contributed by atoms with Crippen molar-refractivity contribution in [3.8, 4) is 5.75 Å². The van der Waals surface area contributed by atoms with Gasteiger partial charge in [-0.15, -0.1) is 0 Å². The second-order valence-corrected chi connectivity index (χ2v) is 5.78. The summed E-state index contributed by atoms with van der Waals surface area (Å²) in [7, 11) is 0. The Morgan fingerprint density at radius 1 is 1.09 bits per heavy atom. The highest BCUT2D eigenvalue weighted by Crippen LogP contribution is 2.16. The van der Waals surface area contributed by atoms with E-state index >= 15 is 0 Å². The lowest BCUT2D eigenvalue weighted by Gasteiger charge is -2.13. The highest BCUT2D eigenvalue weighted by Gasteiger charge is 2.11. The Balaban J connectivity index is 1.93. The molecule has 1 amide bonds. The molecule has 0 bridgehead atoms. The summed E-state index contributed by atoms with van der Waals surface area (Å²) in [6.07, 6.45) is 1.60. The Labute approximate surface area is 131 Å². The molecule has 1 atom stereocenters. The van der Waals surface area contributed by atoms with E-state index in [0.29, 0.717) is 18.0 Å². The molecule has 1 radical (unpaired) electrons. The maximum Gasteiger partial charge on any atom is 0.224 e. The Morgan fingerprint density at radius 3 is 2.32 bits per heavy atom. The number of hydrogen-bond donors (Lipinski definition) is 1. The largest absolute Gasteiger partial charge is 0.348 e. The van der Waals surface area contributed by atoms with Crippen LogP contribution in [0.1, 0.15) is 49.6 Å². The first kappa shape index (κ1) is 16.0. The van der Waals surface area contributed by atoms with Crippen LogP contribution in [0.3, 0.4) is 0 Å². The Morgan fingerprint density at radius 2 is 1.77 bits per heavy atom. The molecule has 0 unspecified atom stereocenters. The number of carbonyl (C=O) groups excluding carboxylic acids is 1. The molecule has 1 aromatic heterocycles. The van der Waals surface area contributed by atoms with Gasteiger partial charge in [-0.1, -0.05) is 38.1 Å². The van der Waals surface area contributed by atoms with E-state index in [4.69, 9.17) is 0 Å². The summed E-state index contributed by atoms with van der Waals surface area (Å²) in [5, 5.41) is 13.9. The van der Waals surface area contributed by atoms with E-state index in [9.17, 15) is 9.90 Å². The van der Waals surface area contributed by atoms with E-state index in [1.807, 2.05) is 19.1 Å². The zero-order chi connectivity index (χ0) is 16.1. The van der Waals surface area contributed by atoms with Crippen molar-refractivity contribution in [3.05, 3.63) is 59.4 Å². The van der Waals surface area contributed by atoms with Gasteiger partial charge in [-0.25, -0.2) is 0 Å². The van der Waals surface area contributed by atoms with Crippen molar-refractivity contribution in [2.45, 2.75) is 39.2 Å². The van der Waals surface area contributed by atoms with Crippen molar-refractivity contribution in [2.24, 2.45) is 0 Å². The molecule has 22 heavy (non-hydrogen) atoms. The first-order valence-corrected chi connectivity index (χ1v) is 7.47. The summed E-state index contributed by atoms with van der Waals surface area (Å²) in [5.74, 6) is 0.295. The maximum absolute atomic E-state index is 12.1. The van der Waals surface area contributed by atoms with Gasteiger partial charge in [0.05, 0.1) is 24.4 Å². The van der Waals surface area contributed by atoms with E-state index < -0.39 is 0 Å². The van der Waals surface area contributed by atoms with Crippen LogP contribution in [0.5, 0.6) is 5.75 Å². The number of nitrogens with zero attached hydrogens (tertiary/aromatic N) is 1. The second-order valence-electron chi connectivity index (χ2n) is 5.78. The zero-order valence-electron chi connectivity index (χ0n) is 13.2. The fourth-order valence-corrected chi connectivity index (χ4v) is 2.22. The minimum absolute atomic E-state index is 0.0576. The van der Waals surface area contributed by atoms with Crippen LogP contribution in [-0.4, -0.2) is 10.9 Å². The smallest absolute Gasteiger partial charge is 0.224 e. The average Bonchev–Trinajstić information content (AvgIpc) is 2.48. The van der Waals surface area contributed by atoms with Gasteiger partial charge >= 0.3 is 0 Å². The lowest BCUT2D eigenvalue weighted by molar-refractivity contribution is -0.121. The van der Waals surface area contributed by atoms with Crippen molar-refractivity contribution in [3.63, 3.8) is 0 Å². The van der Waals surface area contributed by atoms with Crippen LogP contribution in [0, 0.1) is 0 Å². The van der Waals surface area contributed by atoms with Crippen LogP contribution in [-0.2, 0) is 16.3 Å². The van der Waals surface area contributed by atoms with E-state index in [1.165, 1.54) is 17.8 Å². The molecule has 0 fully saturated rings. The number of hydrogen-bond acceptors (Lipinski definition) is 2. The van der Waals surface area contributed by atoms with Gasteiger partial charge in [0, 0.05) is 0 Å². The van der Waals surface area contributed by atoms with Crippen LogP contribution in [0.4, 0.5) is 0 Å². The van der Waals surface area contributed by atoms with Crippen molar-refractivity contribution in [1.29, 1.82) is 0 Å². The molecule has 0 saturated carbocycles. The van der Waals surface area contributed by atoms with Gasteiger partial charge in [0.25, 0.3) is 0 Å². The molecule has 4 nitrogen and oxygen atoms in total. The van der Waals surface area contributed by atoms with Crippen LogP contribution in [0.15, 0.2) is 42.6 Å². The van der Waals surface area contributed by atoms with Crippen LogP contribution in [0.2, 0.25) is 0 Å². The van der Waals surface area contributed by atoms with Crippen molar-refractivity contribution in [2.75, 3.05) is 0 Å². The van der Waals surface area contributed by atoms with Crippen LogP contribution < -0.4 is 5.32 Å². The maximum atomic E-state index is 12.1. The first-order chi connectivity index (χ1) is 10.5. The third-order valence-corrected chi connectivity index (χ3v) is 3.59. The number of pyridine rings is 1. The van der Waals surface area contributed by atoms with Gasteiger partial charge < -0.3 is 5.32 Å². The van der Waals surface area contributed by atoms with Crippen LogP contribution >= 0.6 is 0 Å². The molecule has 2 aromatic rings. The Bertz CT molecular complexity index is 619. The molecule has 115 valence electrons. The monoisotopic (exact) mass is 297 g/mol. The topological polar surface area (TPSA) is 61.9 Å². The van der Waals surface area contributed by atoms with Gasteiger partial charge in [0.15, 0.2) is 5.75 Å². The molecule has 0 aliphatic carbocycles. The second kappa shape index (κ2) is 7.07. The van der Waals surface area contributed by atoms with Gasteiger partial charge in [-0.05, 0) is 36.1 Å². The molecule has 0 aliphatic rings. The quantitative estimate of drug-likeness (QED) is 0.913. The fraction of sp³-hybridized carbons (Fsp3) is 0.333. The SMILES string of the molecule is CC(C)c1ccc(CC(=O)N[C@H](C)c2ccc([O])cn2)cc1. The van der Waals surface area contributed by atoms with Crippen molar-refractivity contribution in [1.82, 2.24) is 10.3 Å². The Hall–Kier alpha value is -2.36. The summed E-state index contributed by atoms with van der Waals surface area (Å²) >= 11 is 0. The minimum Gasteiger partial charge on any atom is -0.348 e. The number of nitrogens with one attached hydrogen (secondary N) is 1. The molecule has 0 aliphatic heterocycles. The van der Waals surface area contributed by atoms with Crippen LogP contribution in [0.25, 0.3) is 0 Å². The van der Waals surface area contributed by atoms with E-state index in [0.717, 1.165) is 5.56 Å². The fourth-order valence-electron chi connectivity index (χ4n) is 2.22. The number of aromatic nitrogens is 1. The molecule has 1 heterocycles. The van der Waals surface area contributed by atoms with Gasteiger partial charge in [-0.3, -0.25) is 14.9 Å². The molecule has 4 heteroatoms. The summed E-state index contributed by atoms with van der Waals surface area (Å²) in [6.45, 7) is 6.14. The summed E-state index contributed by atoms with van der Waals surface area (Å²) in [5.41, 5.74) is 2.93. The number of carbonyl (C=O) groups is 1. The molecule has 0 spiro atoms. The lowest BCUT2D eigenvalue weighted by Crippen LogP contribution is -2.28. The van der Waals surface area contributed by atoms with Gasteiger partial charge in [-0.2, -0.15) is 0 Å². The normalized spacial score (nSPS) is 12.2. The van der Waals surface area contributed by atoms with Crippen molar-refractivity contribution < 1.29 is 9.90 Å². The standard InChI is InChI=1S/C18H21N2O2/c1-12(2)15-6-4-14(5-7-15)10-18(22)20-13(3)17-9-8-16(21)11-19-17/h4-9,11-13H,10H2,1-3H3,(H,20,22)/t13-/m1/s1. The van der Waals surface area contributed by atoms with Gasteiger partial charge in [0.1, 0.15) is 0 Å². The van der Waals surface area contributed by atoms with E-state index in [2.05, 4.69) is 36.3 Å².